The van der Waals surface area contributed by atoms with Crippen LogP contribution in [0.15, 0.2) is 41.3 Å². The van der Waals surface area contributed by atoms with Gasteiger partial charge < -0.3 is 15.8 Å². The number of carbonyl (C=O) groups excluding carboxylic acids is 1. The molecule has 1 fully saturated rings. The van der Waals surface area contributed by atoms with Gasteiger partial charge in [0.1, 0.15) is 4.90 Å². The smallest absolute Gasteiger partial charge is 0.244 e. The maximum atomic E-state index is 13.4. The fourth-order valence-corrected chi connectivity index (χ4v) is 6.48. The Labute approximate surface area is 208 Å². The van der Waals surface area contributed by atoms with Gasteiger partial charge in [-0.1, -0.05) is 23.7 Å². The number of sulfonamides is 1. The highest BCUT2D eigenvalue weighted by molar-refractivity contribution is 7.89. The maximum Gasteiger partial charge on any atom is 0.244 e. The molecule has 2 aliphatic rings. The summed E-state index contributed by atoms with van der Waals surface area (Å²) in [5.41, 5.74) is 11.2. The van der Waals surface area contributed by atoms with Gasteiger partial charge in [-0.2, -0.15) is 4.31 Å². The zero-order valence-corrected chi connectivity index (χ0v) is 20.6. The van der Waals surface area contributed by atoms with Crippen LogP contribution in [0.2, 0.25) is 5.02 Å². The van der Waals surface area contributed by atoms with Crippen LogP contribution in [0.4, 0.5) is 11.6 Å². The molecular weight excluding hydrogens is 490 g/mol. The molecule has 0 bridgehead atoms. The zero-order chi connectivity index (χ0) is 24.7. The van der Waals surface area contributed by atoms with Crippen LogP contribution >= 0.6 is 11.6 Å². The number of nitrogen functional groups attached to an aromatic ring is 1. The third-order valence-electron chi connectivity index (χ3n) is 6.13. The van der Waals surface area contributed by atoms with Crippen molar-refractivity contribution in [1.82, 2.24) is 14.3 Å². The van der Waals surface area contributed by atoms with Crippen LogP contribution in [0, 0.1) is 0 Å². The lowest BCUT2D eigenvalue weighted by Gasteiger charge is -2.28. The summed E-state index contributed by atoms with van der Waals surface area (Å²) in [4.78, 5) is 20.4. The first-order chi connectivity index (χ1) is 16.7. The average Bonchev–Trinajstić information content (AvgIpc) is 2.83. The summed E-state index contributed by atoms with van der Waals surface area (Å²) in [6.45, 7) is 2.68. The Morgan fingerprint density at radius 1 is 1.11 bits per heavy atom. The number of anilines is 2. The zero-order valence-electron chi connectivity index (χ0n) is 19.0. The normalized spacial score (nSPS) is 15.8. The number of fused-ring (bicyclic) bond motifs is 3. The number of nitrogens with one attached hydrogen (secondary N) is 1. The Morgan fingerprint density at radius 2 is 1.83 bits per heavy atom. The number of benzene rings is 2. The third kappa shape index (κ3) is 4.50. The molecule has 1 amide bonds. The van der Waals surface area contributed by atoms with Crippen LogP contribution in [0.1, 0.15) is 18.2 Å². The lowest BCUT2D eigenvalue weighted by Crippen LogP contribution is -2.40. The van der Waals surface area contributed by atoms with E-state index in [0.717, 1.165) is 27.9 Å². The molecule has 5 rings (SSSR count). The Morgan fingerprint density at radius 3 is 2.51 bits per heavy atom. The number of ether oxygens (including phenoxy) is 1. The number of rotatable bonds is 4. The molecule has 182 valence electrons. The fraction of sp³-hybridized carbons (Fsp3) is 0.292. The van der Waals surface area contributed by atoms with Crippen molar-refractivity contribution >= 4 is 39.2 Å². The van der Waals surface area contributed by atoms with Gasteiger partial charge >= 0.3 is 0 Å². The highest BCUT2D eigenvalue weighted by Crippen LogP contribution is 2.42. The first-order valence-corrected chi connectivity index (χ1v) is 13.0. The van der Waals surface area contributed by atoms with Crippen LogP contribution in [0.25, 0.3) is 22.4 Å². The lowest BCUT2D eigenvalue weighted by atomic mass is 9.86. The van der Waals surface area contributed by atoms with E-state index < -0.39 is 10.0 Å². The molecule has 0 saturated carbocycles. The highest BCUT2D eigenvalue weighted by Gasteiger charge is 2.32. The number of amides is 1. The molecule has 0 radical (unpaired) electrons. The van der Waals surface area contributed by atoms with Crippen molar-refractivity contribution in [2.75, 3.05) is 37.4 Å². The minimum absolute atomic E-state index is 0.0523. The van der Waals surface area contributed by atoms with E-state index in [2.05, 4.69) is 15.3 Å². The van der Waals surface area contributed by atoms with Crippen molar-refractivity contribution in [3.05, 3.63) is 52.7 Å². The van der Waals surface area contributed by atoms with Gasteiger partial charge in [-0.15, -0.1) is 0 Å². The molecule has 1 saturated heterocycles. The van der Waals surface area contributed by atoms with Gasteiger partial charge in [0.15, 0.2) is 0 Å². The quantitative estimate of drug-likeness (QED) is 0.548. The highest BCUT2D eigenvalue weighted by atomic mass is 35.5. The summed E-state index contributed by atoms with van der Waals surface area (Å²) in [7, 11) is -3.82. The number of aromatic nitrogens is 2. The molecule has 1 aliphatic heterocycles. The van der Waals surface area contributed by atoms with Crippen LogP contribution in [-0.2, 0) is 32.4 Å². The molecule has 0 atom stereocenters. The van der Waals surface area contributed by atoms with Crippen molar-refractivity contribution in [1.29, 1.82) is 0 Å². The minimum Gasteiger partial charge on any atom is -0.379 e. The second-order valence-electron chi connectivity index (χ2n) is 8.47. The van der Waals surface area contributed by atoms with Gasteiger partial charge in [-0.25, -0.2) is 18.4 Å². The topological polar surface area (TPSA) is 128 Å². The fourth-order valence-electron chi connectivity index (χ4n) is 4.52. The molecule has 35 heavy (non-hydrogen) atoms. The van der Waals surface area contributed by atoms with Gasteiger partial charge in [0.25, 0.3) is 0 Å². The monoisotopic (exact) mass is 513 g/mol. The van der Waals surface area contributed by atoms with E-state index in [4.69, 9.17) is 22.1 Å². The van der Waals surface area contributed by atoms with E-state index in [1.165, 1.54) is 11.2 Å². The van der Waals surface area contributed by atoms with Gasteiger partial charge in [-0.3, -0.25) is 4.79 Å². The van der Waals surface area contributed by atoms with E-state index in [1.54, 1.807) is 24.3 Å². The van der Waals surface area contributed by atoms with Crippen molar-refractivity contribution in [2.24, 2.45) is 0 Å². The summed E-state index contributed by atoms with van der Waals surface area (Å²) in [6.07, 6.45) is 1.27. The Kier molecular flexibility index (Phi) is 6.22. The predicted molar refractivity (Wildman–Crippen MR) is 134 cm³/mol. The number of nitrogens with zero attached hydrogens (tertiary/aromatic N) is 3. The second-order valence-corrected chi connectivity index (χ2v) is 10.8. The molecule has 9 nitrogen and oxygen atoms in total. The van der Waals surface area contributed by atoms with E-state index in [9.17, 15) is 13.2 Å². The van der Waals surface area contributed by atoms with E-state index in [0.29, 0.717) is 37.4 Å². The van der Waals surface area contributed by atoms with Gasteiger partial charge in [-0.05, 0) is 48.2 Å². The number of aryl methyl sites for hydroxylation is 2. The molecule has 0 unspecified atom stereocenters. The number of halogens is 1. The standard InChI is InChI=1S/C24H24ClN5O4S/c1-14(31)27-17-5-2-15(3-6-17)23-22-18-13-21(35(32,33)30-8-10-34-11-9-30)19(25)12-16(18)4-7-20(22)28-24(26)29-23/h2-3,5-6,12-13H,4,7-11H2,1H3,(H,27,31)(H2,26,28,29). The molecule has 2 aromatic carbocycles. The van der Waals surface area contributed by atoms with E-state index >= 15 is 0 Å². The number of nitrogens with two attached hydrogens (primary N) is 1. The van der Waals surface area contributed by atoms with Crippen LogP contribution < -0.4 is 11.1 Å². The molecule has 11 heteroatoms. The van der Waals surface area contributed by atoms with Crippen LogP contribution in [0.5, 0.6) is 0 Å². The van der Waals surface area contributed by atoms with E-state index in [-0.39, 0.29) is 34.9 Å². The van der Waals surface area contributed by atoms with E-state index in [1.807, 2.05) is 12.1 Å². The number of hydrogen-bond donors (Lipinski definition) is 2. The molecule has 1 aromatic heterocycles. The minimum atomic E-state index is -3.82. The largest absolute Gasteiger partial charge is 0.379 e. The molecule has 0 spiro atoms. The number of hydrogen-bond acceptors (Lipinski definition) is 7. The first-order valence-electron chi connectivity index (χ1n) is 11.2. The summed E-state index contributed by atoms with van der Waals surface area (Å²) < 4.78 is 33.6. The second kappa shape index (κ2) is 9.19. The van der Waals surface area contributed by atoms with Crippen molar-refractivity contribution in [2.45, 2.75) is 24.7 Å². The van der Waals surface area contributed by atoms with Crippen molar-refractivity contribution in [3.8, 4) is 22.4 Å². The Hall–Kier alpha value is -3.05. The Bertz CT molecular complexity index is 1420. The SMILES string of the molecule is CC(=O)Nc1ccc(-c2nc(N)nc3c2-c2cc(S(=O)(=O)N4CCOCC4)c(Cl)cc2CC3)cc1. The van der Waals surface area contributed by atoms with Crippen molar-refractivity contribution in [3.63, 3.8) is 0 Å². The summed E-state index contributed by atoms with van der Waals surface area (Å²) in [6, 6.07) is 10.6. The van der Waals surface area contributed by atoms with Crippen LogP contribution in [-0.4, -0.2) is 54.9 Å². The summed E-state index contributed by atoms with van der Waals surface area (Å²) in [5, 5.41) is 2.93. The molecule has 3 aromatic rings. The summed E-state index contributed by atoms with van der Waals surface area (Å²) in [5.74, 6) is -0.0236. The summed E-state index contributed by atoms with van der Waals surface area (Å²) >= 11 is 6.51. The first kappa shape index (κ1) is 23.7. The van der Waals surface area contributed by atoms with Gasteiger partial charge in [0.05, 0.1) is 29.6 Å². The Balaban J connectivity index is 1.65. The number of carbonyl (C=O) groups is 1. The van der Waals surface area contributed by atoms with Crippen molar-refractivity contribution < 1.29 is 17.9 Å². The molecular formula is C24H24ClN5O4S. The van der Waals surface area contributed by atoms with Crippen LogP contribution in [0.3, 0.4) is 0 Å². The number of morpholine rings is 1. The molecule has 2 heterocycles. The maximum absolute atomic E-state index is 13.4. The molecule has 3 N–H and O–H groups in total. The average molecular weight is 514 g/mol. The third-order valence-corrected chi connectivity index (χ3v) is 8.49. The van der Waals surface area contributed by atoms with Gasteiger partial charge in [0, 0.05) is 36.8 Å². The predicted octanol–water partition coefficient (Wildman–Crippen LogP) is 3.12. The molecule has 1 aliphatic carbocycles. The van der Waals surface area contributed by atoms with Gasteiger partial charge in [0.2, 0.25) is 21.9 Å². The lowest BCUT2D eigenvalue weighted by molar-refractivity contribution is -0.114.